The van der Waals surface area contributed by atoms with Crippen molar-refractivity contribution in [3.63, 3.8) is 0 Å². The summed E-state index contributed by atoms with van der Waals surface area (Å²) in [5.74, 6) is 1.51. The molecule has 4 nitrogen and oxygen atoms in total. The second-order valence-electron chi connectivity index (χ2n) is 15.3. The van der Waals surface area contributed by atoms with Gasteiger partial charge in [0.15, 0.2) is 12.0 Å². The van der Waals surface area contributed by atoms with Gasteiger partial charge in [-0.15, -0.1) is 0 Å². The molecule has 2 unspecified atom stereocenters. The first kappa shape index (κ1) is 43.1. The molecule has 1 aliphatic rings. The quantitative estimate of drug-likeness (QED) is 0.0540. The standard InChI is InChI=1S/C42H83N3O/c1-5-8-10-12-14-16-18-20-22-24-25-27-29-31-33-35-37-41-43-40(39-45(41,4)7-3)44-42(46)38-36-34-32-30-28-26-23-21-19-17-15-13-11-9-6-2/h40H,5-39H2,1-4H3/p+1. The van der Waals surface area contributed by atoms with Crippen molar-refractivity contribution < 1.29 is 9.28 Å². The van der Waals surface area contributed by atoms with Crippen LogP contribution >= 0.6 is 0 Å². The lowest BCUT2D eigenvalue weighted by atomic mass is 10.0. The Morgan fingerprint density at radius 2 is 0.870 bits per heavy atom. The Morgan fingerprint density at radius 3 is 1.22 bits per heavy atom. The van der Waals surface area contributed by atoms with Crippen LogP contribution in [-0.2, 0) is 4.79 Å². The second-order valence-corrected chi connectivity index (χ2v) is 15.3. The van der Waals surface area contributed by atoms with Crippen LogP contribution in [-0.4, -0.2) is 42.5 Å². The highest BCUT2D eigenvalue weighted by atomic mass is 16.1. The van der Waals surface area contributed by atoms with Gasteiger partial charge >= 0.3 is 0 Å². The molecule has 1 rings (SSSR count). The Hall–Kier alpha value is -0.900. The van der Waals surface area contributed by atoms with Crippen molar-refractivity contribution >= 4 is 11.7 Å². The van der Waals surface area contributed by atoms with E-state index in [4.69, 9.17) is 4.99 Å². The second kappa shape index (κ2) is 31.4. The molecule has 46 heavy (non-hydrogen) atoms. The van der Waals surface area contributed by atoms with E-state index in [0.717, 1.165) is 30.4 Å². The van der Waals surface area contributed by atoms with E-state index in [2.05, 4.69) is 33.1 Å². The number of carbonyl (C=O) groups is 1. The zero-order valence-corrected chi connectivity index (χ0v) is 32.1. The molecule has 1 aliphatic heterocycles. The first-order valence-electron chi connectivity index (χ1n) is 21.3. The molecule has 1 N–H and O–H groups in total. The van der Waals surface area contributed by atoms with Crippen LogP contribution in [0.1, 0.15) is 233 Å². The van der Waals surface area contributed by atoms with E-state index in [0.29, 0.717) is 6.42 Å². The molecule has 0 bridgehead atoms. The summed E-state index contributed by atoms with van der Waals surface area (Å²) in [4.78, 5) is 17.7. The molecule has 2 atom stereocenters. The SMILES string of the molecule is CCCCCCCCCCCCCCCCCCC1=NC(NC(=O)CCCCCCCCCCCCCCCCC)C[N+]1(C)CC. The molecular weight excluding hydrogens is 562 g/mol. The molecule has 0 aromatic heterocycles. The summed E-state index contributed by atoms with van der Waals surface area (Å²) in [6.07, 6.45) is 44.6. The Kier molecular flexibility index (Phi) is 29.4. The first-order valence-corrected chi connectivity index (χ1v) is 21.3. The van der Waals surface area contributed by atoms with Crippen LogP contribution in [0, 0.1) is 0 Å². The molecular formula is C42H84N3O+. The van der Waals surface area contributed by atoms with Gasteiger partial charge in [-0.05, 0) is 19.8 Å². The number of nitrogens with one attached hydrogen (secondary N) is 1. The van der Waals surface area contributed by atoms with Crippen molar-refractivity contribution in [2.45, 2.75) is 239 Å². The Bertz CT molecular complexity index is 707. The number of carbonyl (C=O) groups excluding carboxylic acids is 1. The van der Waals surface area contributed by atoms with Crippen molar-refractivity contribution in [3.05, 3.63) is 0 Å². The van der Waals surface area contributed by atoms with Gasteiger partial charge in [0.25, 0.3) is 0 Å². The molecule has 0 aromatic rings. The molecule has 1 heterocycles. The summed E-state index contributed by atoms with van der Waals surface area (Å²) in [5.41, 5.74) is 0. The predicted molar refractivity (Wildman–Crippen MR) is 205 cm³/mol. The minimum absolute atomic E-state index is 0.0233. The van der Waals surface area contributed by atoms with Gasteiger partial charge in [0.2, 0.25) is 5.91 Å². The third-order valence-electron chi connectivity index (χ3n) is 10.8. The molecule has 1 amide bonds. The Morgan fingerprint density at radius 1 is 0.543 bits per heavy atom. The molecule has 0 saturated heterocycles. The van der Waals surface area contributed by atoms with Gasteiger partial charge in [0.05, 0.1) is 13.6 Å². The summed E-state index contributed by atoms with van der Waals surface area (Å²) >= 11 is 0. The first-order chi connectivity index (χ1) is 22.6. The van der Waals surface area contributed by atoms with E-state index in [9.17, 15) is 4.79 Å². The molecule has 4 heteroatoms. The smallest absolute Gasteiger partial charge is 0.221 e. The van der Waals surface area contributed by atoms with Gasteiger partial charge in [-0.3, -0.25) is 9.28 Å². The molecule has 0 aromatic carbocycles. The zero-order chi connectivity index (χ0) is 33.4. The van der Waals surface area contributed by atoms with Crippen molar-refractivity contribution in [1.29, 1.82) is 0 Å². The minimum Gasteiger partial charge on any atom is -0.329 e. The van der Waals surface area contributed by atoms with Gasteiger partial charge in [-0.1, -0.05) is 200 Å². The number of rotatable bonds is 35. The van der Waals surface area contributed by atoms with Crippen LogP contribution in [0.15, 0.2) is 4.99 Å². The van der Waals surface area contributed by atoms with E-state index in [-0.39, 0.29) is 12.1 Å². The van der Waals surface area contributed by atoms with Crippen LogP contribution in [0.2, 0.25) is 0 Å². The fourth-order valence-corrected chi connectivity index (χ4v) is 7.32. The lowest BCUT2D eigenvalue weighted by molar-refractivity contribution is -0.815. The van der Waals surface area contributed by atoms with Crippen LogP contribution in [0.4, 0.5) is 0 Å². The topological polar surface area (TPSA) is 41.5 Å². The predicted octanol–water partition coefficient (Wildman–Crippen LogP) is 13.2. The van der Waals surface area contributed by atoms with Gasteiger partial charge in [0, 0.05) is 12.8 Å². The van der Waals surface area contributed by atoms with Gasteiger partial charge in [0.1, 0.15) is 6.54 Å². The highest BCUT2D eigenvalue weighted by Gasteiger charge is 2.37. The number of unbranched alkanes of at least 4 members (excludes halogenated alkanes) is 29. The number of hydrogen-bond donors (Lipinski definition) is 1. The van der Waals surface area contributed by atoms with Crippen LogP contribution < -0.4 is 5.32 Å². The normalized spacial score (nSPS) is 17.9. The zero-order valence-electron chi connectivity index (χ0n) is 32.1. The maximum atomic E-state index is 12.7. The molecule has 272 valence electrons. The fraction of sp³-hybridized carbons (Fsp3) is 0.952. The molecule has 0 spiro atoms. The number of nitrogens with zero attached hydrogens (tertiary/aromatic N) is 2. The van der Waals surface area contributed by atoms with E-state index in [1.165, 1.54) is 198 Å². The molecule has 0 radical (unpaired) electrons. The Labute approximate surface area is 289 Å². The fourth-order valence-electron chi connectivity index (χ4n) is 7.32. The van der Waals surface area contributed by atoms with E-state index >= 15 is 0 Å². The lowest BCUT2D eigenvalue weighted by Gasteiger charge is -2.29. The summed E-state index contributed by atoms with van der Waals surface area (Å²) in [5, 5.41) is 3.26. The number of hydrogen-bond acceptors (Lipinski definition) is 2. The third-order valence-corrected chi connectivity index (χ3v) is 10.8. The summed E-state index contributed by atoms with van der Waals surface area (Å²) < 4.78 is 0.905. The Balaban J connectivity index is 2.00. The molecule has 0 fully saturated rings. The average molecular weight is 647 g/mol. The van der Waals surface area contributed by atoms with E-state index in [1.54, 1.807) is 0 Å². The summed E-state index contributed by atoms with van der Waals surface area (Å²) in [6, 6.07) is 0. The van der Waals surface area contributed by atoms with Crippen molar-refractivity contribution in [1.82, 2.24) is 5.32 Å². The van der Waals surface area contributed by atoms with Crippen molar-refractivity contribution in [2.75, 3.05) is 20.1 Å². The monoisotopic (exact) mass is 647 g/mol. The van der Waals surface area contributed by atoms with Gasteiger partial charge in [-0.25, -0.2) is 4.99 Å². The average Bonchev–Trinajstić information content (AvgIpc) is 3.37. The lowest BCUT2D eigenvalue weighted by Crippen LogP contribution is -2.50. The number of aliphatic imine (C=N–C) groups is 1. The largest absolute Gasteiger partial charge is 0.329 e. The van der Waals surface area contributed by atoms with Gasteiger partial charge < -0.3 is 5.32 Å². The third kappa shape index (κ3) is 24.3. The van der Waals surface area contributed by atoms with Crippen LogP contribution in [0.5, 0.6) is 0 Å². The van der Waals surface area contributed by atoms with Crippen molar-refractivity contribution in [3.8, 4) is 0 Å². The maximum absolute atomic E-state index is 12.7. The number of quaternary nitrogens is 1. The minimum atomic E-state index is -0.0233. The highest BCUT2D eigenvalue weighted by molar-refractivity contribution is 5.79. The van der Waals surface area contributed by atoms with E-state index in [1.807, 2.05) is 0 Å². The van der Waals surface area contributed by atoms with Crippen LogP contribution in [0.25, 0.3) is 0 Å². The van der Waals surface area contributed by atoms with Crippen LogP contribution in [0.3, 0.4) is 0 Å². The number of amidine groups is 1. The molecule has 0 aliphatic carbocycles. The summed E-state index contributed by atoms with van der Waals surface area (Å²) in [7, 11) is 2.31. The van der Waals surface area contributed by atoms with E-state index < -0.39 is 0 Å². The number of likely N-dealkylation sites (N-methyl/N-ethyl adjacent to an activating group) is 1. The molecule has 0 saturated carbocycles. The van der Waals surface area contributed by atoms with Crippen molar-refractivity contribution in [2.24, 2.45) is 4.99 Å². The number of amides is 1. The summed E-state index contributed by atoms with van der Waals surface area (Å²) in [6.45, 7) is 8.84. The maximum Gasteiger partial charge on any atom is 0.221 e. The van der Waals surface area contributed by atoms with Gasteiger partial charge in [-0.2, -0.15) is 0 Å². The highest BCUT2D eigenvalue weighted by Crippen LogP contribution is 2.21.